The lowest BCUT2D eigenvalue weighted by molar-refractivity contribution is 0.00386. The molecule has 90 valence electrons. The number of hydrogen-bond donors (Lipinski definition) is 3. The van der Waals surface area contributed by atoms with Gasteiger partial charge in [-0.3, -0.25) is 0 Å². The third-order valence-corrected chi connectivity index (χ3v) is 2.19. The summed E-state index contributed by atoms with van der Waals surface area (Å²) < 4.78 is 0. The van der Waals surface area contributed by atoms with Crippen LogP contribution in [0.3, 0.4) is 0 Å². The summed E-state index contributed by atoms with van der Waals surface area (Å²) in [5.41, 5.74) is 0.437. The van der Waals surface area contributed by atoms with Crippen LogP contribution in [0.1, 0.15) is 18.1 Å². The number of aromatic nitrogens is 2. The van der Waals surface area contributed by atoms with Gasteiger partial charge in [0.1, 0.15) is 6.10 Å². The zero-order valence-corrected chi connectivity index (χ0v) is 9.41. The molecule has 6 heteroatoms. The fourth-order valence-corrected chi connectivity index (χ4v) is 1.23. The zero-order valence-electron chi connectivity index (χ0n) is 9.41. The molecule has 1 aromatic rings. The molecule has 6 nitrogen and oxygen atoms in total. The maximum atomic E-state index is 9.69. The Labute approximate surface area is 94.2 Å². The van der Waals surface area contributed by atoms with Crippen LogP contribution in [-0.4, -0.2) is 52.1 Å². The van der Waals surface area contributed by atoms with Gasteiger partial charge in [0.15, 0.2) is 0 Å². The van der Waals surface area contributed by atoms with Crippen LogP contribution in [0.15, 0.2) is 12.4 Å². The van der Waals surface area contributed by atoms with Crippen molar-refractivity contribution in [3.05, 3.63) is 18.0 Å². The number of aliphatic hydroxyl groups excluding tert-OH is 3. The second kappa shape index (κ2) is 5.74. The Morgan fingerprint density at radius 3 is 2.25 bits per heavy atom. The van der Waals surface area contributed by atoms with Gasteiger partial charge in [-0.05, 0) is 6.42 Å². The molecular formula is C10H17N3O3. The Kier molecular flexibility index (Phi) is 4.60. The zero-order chi connectivity index (χ0) is 12.1. The summed E-state index contributed by atoms with van der Waals surface area (Å²) in [5.74, 6) is 0.535. The molecule has 0 bridgehead atoms. The van der Waals surface area contributed by atoms with Crippen molar-refractivity contribution in [2.75, 3.05) is 25.6 Å². The largest absolute Gasteiger partial charge is 0.396 e. The van der Waals surface area contributed by atoms with E-state index in [1.807, 2.05) is 14.1 Å². The number of anilines is 1. The highest BCUT2D eigenvalue weighted by atomic mass is 16.3. The van der Waals surface area contributed by atoms with Gasteiger partial charge in [0, 0.05) is 38.7 Å². The van der Waals surface area contributed by atoms with Gasteiger partial charge in [0.2, 0.25) is 5.95 Å². The lowest BCUT2D eigenvalue weighted by Gasteiger charge is -2.17. The molecule has 1 heterocycles. The van der Waals surface area contributed by atoms with E-state index in [0.717, 1.165) is 0 Å². The van der Waals surface area contributed by atoms with E-state index in [1.54, 1.807) is 4.90 Å². The number of rotatable bonds is 5. The van der Waals surface area contributed by atoms with Crippen molar-refractivity contribution in [1.29, 1.82) is 0 Å². The Balaban J connectivity index is 2.73. The maximum Gasteiger partial charge on any atom is 0.224 e. The Bertz CT molecular complexity index is 316. The SMILES string of the molecule is CN(C)c1ncc(C(O)C(O)CCO)cn1. The molecule has 0 fully saturated rings. The van der Waals surface area contributed by atoms with Crippen LogP contribution in [0.2, 0.25) is 0 Å². The molecule has 0 radical (unpaired) electrons. The van der Waals surface area contributed by atoms with Crippen LogP contribution >= 0.6 is 0 Å². The summed E-state index contributed by atoms with van der Waals surface area (Å²) in [5, 5.41) is 27.8. The van der Waals surface area contributed by atoms with E-state index < -0.39 is 12.2 Å². The monoisotopic (exact) mass is 227 g/mol. The summed E-state index contributed by atoms with van der Waals surface area (Å²) >= 11 is 0. The van der Waals surface area contributed by atoms with Crippen LogP contribution in [0.25, 0.3) is 0 Å². The average molecular weight is 227 g/mol. The van der Waals surface area contributed by atoms with E-state index in [4.69, 9.17) is 5.11 Å². The first kappa shape index (κ1) is 12.8. The maximum absolute atomic E-state index is 9.69. The molecular weight excluding hydrogens is 210 g/mol. The number of hydrogen-bond acceptors (Lipinski definition) is 6. The predicted octanol–water partition coefficient (Wildman–Crippen LogP) is -0.681. The van der Waals surface area contributed by atoms with Gasteiger partial charge in [-0.2, -0.15) is 0 Å². The molecule has 2 unspecified atom stereocenters. The third-order valence-electron chi connectivity index (χ3n) is 2.19. The summed E-state index contributed by atoms with van der Waals surface area (Å²) in [6, 6.07) is 0. The molecule has 16 heavy (non-hydrogen) atoms. The number of aliphatic hydroxyl groups is 3. The van der Waals surface area contributed by atoms with Crippen molar-refractivity contribution < 1.29 is 15.3 Å². The van der Waals surface area contributed by atoms with E-state index in [2.05, 4.69) is 9.97 Å². The molecule has 0 aliphatic heterocycles. The van der Waals surface area contributed by atoms with Crippen molar-refractivity contribution in [1.82, 2.24) is 9.97 Å². The molecule has 0 saturated carbocycles. The Hall–Kier alpha value is -1.24. The van der Waals surface area contributed by atoms with Crippen LogP contribution in [0, 0.1) is 0 Å². The van der Waals surface area contributed by atoms with Gasteiger partial charge in [0.05, 0.1) is 6.10 Å². The molecule has 3 N–H and O–H groups in total. The van der Waals surface area contributed by atoms with Crippen LogP contribution in [0.5, 0.6) is 0 Å². The molecule has 1 rings (SSSR count). The first-order valence-electron chi connectivity index (χ1n) is 5.02. The van der Waals surface area contributed by atoms with Crippen molar-refractivity contribution >= 4 is 5.95 Å². The quantitative estimate of drug-likeness (QED) is 0.617. The Morgan fingerprint density at radius 2 is 1.81 bits per heavy atom. The van der Waals surface area contributed by atoms with E-state index in [9.17, 15) is 10.2 Å². The minimum absolute atomic E-state index is 0.122. The molecule has 0 spiro atoms. The van der Waals surface area contributed by atoms with Crippen LogP contribution in [0.4, 0.5) is 5.95 Å². The van der Waals surface area contributed by atoms with E-state index >= 15 is 0 Å². The van der Waals surface area contributed by atoms with Gasteiger partial charge >= 0.3 is 0 Å². The van der Waals surface area contributed by atoms with E-state index in [1.165, 1.54) is 12.4 Å². The molecule has 0 aliphatic carbocycles. The normalized spacial score (nSPS) is 14.6. The van der Waals surface area contributed by atoms with Crippen molar-refractivity contribution in [3.8, 4) is 0 Å². The second-order valence-corrected chi connectivity index (χ2v) is 3.74. The van der Waals surface area contributed by atoms with Gasteiger partial charge in [-0.1, -0.05) is 0 Å². The molecule has 1 aromatic heterocycles. The lowest BCUT2D eigenvalue weighted by atomic mass is 10.1. The smallest absolute Gasteiger partial charge is 0.224 e. The van der Waals surface area contributed by atoms with Gasteiger partial charge in [-0.25, -0.2) is 9.97 Å². The summed E-state index contributed by atoms with van der Waals surface area (Å²) in [7, 11) is 3.62. The topological polar surface area (TPSA) is 89.7 Å². The minimum atomic E-state index is -1.07. The fraction of sp³-hybridized carbons (Fsp3) is 0.600. The molecule has 0 aliphatic rings. The van der Waals surface area contributed by atoms with Gasteiger partial charge in [-0.15, -0.1) is 0 Å². The van der Waals surface area contributed by atoms with E-state index in [0.29, 0.717) is 11.5 Å². The first-order valence-corrected chi connectivity index (χ1v) is 5.02. The summed E-state index contributed by atoms with van der Waals surface area (Å²) in [4.78, 5) is 9.78. The third kappa shape index (κ3) is 3.13. The summed E-state index contributed by atoms with van der Waals surface area (Å²) in [6.07, 6.45) is 0.986. The Morgan fingerprint density at radius 1 is 1.25 bits per heavy atom. The van der Waals surface area contributed by atoms with Gasteiger partial charge < -0.3 is 20.2 Å². The average Bonchev–Trinajstić information content (AvgIpc) is 2.28. The lowest BCUT2D eigenvalue weighted by Crippen LogP contribution is -2.20. The summed E-state index contributed by atoms with van der Waals surface area (Å²) in [6.45, 7) is -0.172. The molecule has 0 amide bonds. The molecule has 2 atom stereocenters. The minimum Gasteiger partial charge on any atom is -0.396 e. The van der Waals surface area contributed by atoms with Crippen molar-refractivity contribution in [2.24, 2.45) is 0 Å². The highest BCUT2D eigenvalue weighted by molar-refractivity contribution is 5.27. The highest BCUT2D eigenvalue weighted by Crippen LogP contribution is 2.18. The predicted molar refractivity (Wildman–Crippen MR) is 59.0 cm³/mol. The van der Waals surface area contributed by atoms with Crippen molar-refractivity contribution in [2.45, 2.75) is 18.6 Å². The second-order valence-electron chi connectivity index (χ2n) is 3.74. The molecule has 0 saturated heterocycles. The van der Waals surface area contributed by atoms with Crippen molar-refractivity contribution in [3.63, 3.8) is 0 Å². The first-order chi connectivity index (χ1) is 7.56. The van der Waals surface area contributed by atoms with Crippen LogP contribution < -0.4 is 4.90 Å². The fourth-order valence-electron chi connectivity index (χ4n) is 1.23. The van der Waals surface area contributed by atoms with Crippen LogP contribution in [-0.2, 0) is 0 Å². The standard InChI is InChI=1S/C10H17N3O3/c1-13(2)10-11-5-7(6-12-10)9(16)8(15)3-4-14/h5-6,8-9,14-16H,3-4H2,1-2H3. The van der Waals surface area contributed by atoms with Gasteiger partial charge in [0.25, 0.3) is 0 Å². The number of nitrogens with zero attached hydrogens (tertiary/aromatic N) is 3. The van der Waals surface area contributed by atoms with E-state index in [-0.39, 0.29) is 13.0 Å². The molecule has 0 aromatic carbocycles. The highest BCUT2D eigenvalue weighted by Gasteiger charge is 2.18.